The van der Waals surface area contributed by atoms with Crippen LogP contribution < -0.4 is 0 Å². The summed E-state index contributed by atoms with van der Waals surface area (Å²) >= 11 is 0. The van der Waals surface area contributed by atoms with Gasteiger partial charge < -0.3 is 0 Å². The summed E-state index contributed by atoms with van der Waals surface area (Å²) in [6.07, 6.45) is -0.831. The van der Waals surface area contributed by atoms with E-state index >= 15 is 0 Å². The Kier molecular flexibility index (Phi) is 4.38. The highest BCUT2D eigenvalue weighted by Crippen LogP contribution is 2.33. The van der Waals surface area contributed by atoms with Gasteiger partial charge in [0.1, 0.15) is 0 Å². The predicted octanol–water partition coefficient (Wildman–Crippen LogP) is 5.08. The number of hydrogen-bond acceptors (Lipinski definition) is 0. The Morgan fingerprint density at radius 3 is 2.53 bits per heavy atom. The number of allylic oxidation sites excluding steroid dienone is 1. The van der Waals surface area contributed by atoms with Crippen molar-refractivity contribution in [3.8, 4) is 0 Å². The summed E-state index contributed by atoms with van der Waals surface area (Å²) in [5.74, 6) is 0.121. The van der Waals surface area contributed by atoms with E-state index in [2.05, 4.69) is 6.58 Å². The molecule has 0 nitrogen and oxygen atoms in total. The normalized spacial score (nSPS) is 13.5. The minimum atomic E-state index is -4.26. The van der Waals surface area contributed by atoms with Crippen molar-refractivity contribution in [1.82, 2.24) is 0 Å². The van der Waals surface area contributed by atoms with Crippen LogP contribution in [0.5, 0.6) is 0 Å². The zero-order chi connectivity index (χ0) is 13.1. The van der Waals surface area contributed by atoms with E-state index in [4.69, 9.17) is 0 Å². The van der Waals surface area contributed by atoms with Gasteiger partial charge in [-0.3, -0.25) is 0 Å². The van der Waals surface area contributed by atoms with Gasteiger partial charge in [0.2, 0.25) is 0 Å². The van der Waals surface area contributed by atoms with Crippen LogP contribution in [0.1, 0.15) is 42.4 Å². The van der Waals surface area contributed by atoms with Crippen LogP contribution in [-0.2, 0) is 6.18 Å². The average molecular weight is 242 g/mol. The molecule has 0 saturated heterocycles. The SMILES string of the molecule is C=CCCC(C)c1cc(C(F)(F)F)ccc1C. The van der Waals surface area contributed by atoms with Gasteiger partial charge in [-0.1, -0.05) is 19.1 Å². The molecule has 1 atom stereocenters. The zero-order valence-corrected chi connectivity index (χ0v) is 10.1. The minimum absolute atomic E-state index is 0.121. The fourth-order valence-electron chi connectivity index (χ4n) is 1.87. The van der Waals surface area contributed by atoms with Crippen molar-refractivity contribution in [1.29, 1.82) is 0 Å². The maximum Gasteiger partial charge on any atom is 0.416 e. The number of aryl methyl sites for hydroxylation is 1. The van der Waals surface area contributed by atoms with Gasteiger partial charge in [-0.15, -0.1) is 6.58 Å². The first kappa shape index (κ1) is 13.8. The third-order valence-corrected chi connectivity index (χ3v) is 2.94. The number of rotatable bonds is 4. The number of hydrogen-bond donors (Lipinski definition) is 0. The van der Waals surface area contributed by atoms with Gasteiger partial charge in [-0.25, -0.2) is 0 Å². The highest BCUT2D eigenvalue weighted by molar-refractivity contribution is 5.34. The lowest BCUT2D eigenvalue weighted by atomic mass is 9.91. The molecule has 17 heavy (non-hydrogen) atoms. The summed E-state index contributed by atoms with van der Waals surface area (Å²) in [7, 11) is 0. The molecule has 3 heteroatoms. The topological polar surface area (TPSA) is 0 Å². The molecule has 0 saturated carbocycles. The Balaban J connectivity index is 3.02. The van der Waals surface area contributed by atoms with Crippen LogP contribution in [0.4, 0.5) is 13.2 Å². The van der Waals surface area contributed by atoms with E-state index in [1.165, 1.54) is 6.07 Å². The average Bonchev–Trinajstić information content (AvgIpc) is 2.24. The van der Waals surface area contributed by atoms with E-state index in [9.17, 15) is 13.2 Å². The first-order chi connectivity index (χ1) is 7.86. The lowest BCUT2D eigenvalue weighted by Crippen LogP contribution is -2.07. The van der Waals surface area contributed by atoms with E-state index < -0.39 is 11.7 Å². The molecule has 1 aromatic carbocycles. The van der Waals surface area contributed by atoms with E-state index in [1.54, 1.807) is 12.1 Å². The van der Waals surface area contributed by atoms with Crippen molar-refractivity contribution >= 4 is 0 Å². The zero-order valence-electron chi connectivity index (χ0n) is 10.1. The molecule has 0 radical (unpaired) electrons. The second-order valence-corrected chi connectivity index (χ2v) is 4.34. The predicted molar refractivity (Wildman–Crippen MR) is 64.0 cm³/mol. The van der Waals surface area contributed by atoms with Crippen molar-refractivity contribution in [2.45, 2.75) is 38.8 Å². The fourth-order valence-corrected chi connectivity index (χ4v) is 1.87. The molecular weight excluding hydrogens is 225 g/mol. The quantitative estimate of drug-likeness (QED) is 0.645. The van der Waals surface area contributed by atoms with Gasteiger partial charge in [-0.2, -0.15) is 13.2 Å². The van der Waals surface area contributed by atoms with Gasteiger partial charge in [-0.05, 0) is 48.9 Å². The molecule has 0 aliphatic rings. The van der Waals surface area contributed by atoms with Gasteiger partial charge in [0.05, 0.1) is 5.56 Å². The molecule has 0 bridgehead atoms. The van der Waals surface area contributed by atoms with Crippen LogP contribution in [0.2, 0.25) is 0 Å². The van der Waals surface area contributed by atoms with Crippen LogP contribution in [0, 0.1) is 6.92 Å². The maximum atomic E-state index is 12.6. The Morgan fingerprint density at radius 2 is 2.00 bits per heavy atom. The van der Waals surface area contributed by atoms with Crippen LogP contribution in [-0.4, -0.2) is 0 Å². The molecule has 0 fully saturated rings. The van der Waals surface area contributed by atoms with Gasteiger partial charge >= 0.3 is 6.18 Å². The summed E-state index contributed by atoms with van der Waals surface area (Å²) < 4.78 is 37.8. The van der Waals surface area contributed by atoms with Crippen LogP contribution in [0.25, 0.3) is 0 Å². The van der Waals surface area contributed by atoms with E-state index in [-0.39, 0.29) is 5.92 Å². The lowest BCUT2D eigenvalue weighted by molar-refractivity contribution is -0.137. The second kappa shape index (κ2) is 5.39. The first-order valence-corrected chi connectivity index (χ1v) is 5.65. The van der Waals surface area contributed by atoms with E-state index in [1.807, 2.05) is 13.8 Å². The molecule has 1 rings (SSSR count). The molecule has 94 valence electrons. The monoisotopic (exact) mass is 242 g/mol. The highest BCUT2D eigenvalue weighted by Gasteiger charge is 2.31. The van der Waals surface area contributed by atoms with E-state index in [0.717, 1.165) is 30.0 Å². The van der Waals surface area contributed by atoms with Gasteiger partial charge in [0.15, 0.2) is 0 Å². The third-order valence-electron chi connectivity index (χ3n) is 2.94. The molecule has 0 aliphatic heterocycles. The Hall–Kier alpha value is -1.25. The summed E-state index contributed by atoms with van der Waals surface area (Å²) in [4.78, 5) is 0. The molecule has 1 unspecified atom stereocenters. The maximum absolute atomic E-state index is 12.6. The molecule has 1 aromatic rings. The lowest BCUT2D eigenvalue weighted by Gasteiger charge is -2.16. The van der Waals surface area contributed by atoms with Crippen molar-refractivity contribution in [2.24, 2.45) is 0 Å². The summed E-state index contributed by atoms with van der Waals surface area (Å²) in [6, 6.07) is 3.95. The smallest absolute Gasteiger partial charge is 0.166 e. The molecular formula is C14H17F3. The minimum Gasteiger partial charge on any atom is -0.166 e. The van der Waals surface area contributed by atoms with E-state index in [0.29, 0.717) is 0 Å². The molecule has 0 aromatic heterocycles. The fraction of sp³-hybridized carbons (Fsp3) is 0.429. The van der Waals surface area contributed by atoms with Crippen LogP contribution in [0.3, 0.4) is 0 Å². The van der Waals surface area contributed by atoms with Gasteiger partial charge in [0.25, 0.3) is 0 Å². The summed E-state index contributed by atoms with van der Waals surface area (Å²) in [5.41, 5.74) is 1.12. The molecule has 0 aliphatic carbocycles. The largest absolute Gasteiger partial charge is 0.416 e. The summed E-state index contributed by atoms with van der Waals surface area (Å²) in [6.45, 7) is 7.42. The van der Waals surface area contributed by atoms with Crippen molar-refractivity contribution < 1.29 is 13.2 Å². The molecule has 0 amide bonds. The third kappa shape index (κ3) is 3.62. The highest BCUT2D eigenvalue weighted by atomic mass is 19.4. The molecule has 0 spiro atoms. The van der Waals surface area contributed by atoms with Crippen molar-refractivity contribution in [3.05, 3.63) is 47.5 Å². The Morgan fingerprint density at radius 1 is 1.35 bits per heavy atom. The van der Waals surface area contributed by atoms with Crippen LogP contribution >= 0.6 is 0 Å². The Bertz CT molecular complexity index is 391. The number of halogens is 3. The van der Waals surface area contributed by atoms with Crippen molar-refractivity contribution in [2.75, 3.05) is 0 Å². The first-order valence-electron chi connectivity index (χ1n) is 5.65. The Labute approximate surface area is 100 Å². The van der Waals surface area contributed by atoms with Gasteiger partial charge in [0, 0.05) is 0 Å². The van der Waals surface area contributed by atoms with Crippen LogP contribution in [0.15, 0.2) is 30.9 Å². The number of benzene rings is 1. The molecule has 0 N–H and O–H groups in total. The summed E-state index contributed by atoms with van der Waals surface area (Å²) in [5, 5.41) is 0. The second-order valence-electron chi connectivity index (χ2n) is 4.34. The number of alkyl halides is 3. The standard InChI is InChI=1S/C14H17F3/c1-4-5-6-10(2)13-9-12(14(15,16)17)8-7-11(13)3/h4,7-10H,1,5-6H2,2-3H3. The molecule has 0 heterocycles. The van der Waals surface area contributed by atoms with Crippen molar-refractivity contribution in [3.63, 3.8) is 0 Å².